The number of imidazole rings is 1. The van der Waals surface area contributed by atoms with E-state index in [1.54, 1.807) is 29.2 Å². The number of aliphatic hydroxyl groups excluding tert-OH is 1. The Balaban J connectivity index is 1.55. The van der Waals surface area contributed by atoms with E-state index < -0.39 is 6.10 Å². The summed E-state index contributed by atoms with van der Waals surface area (Å²) in [6.07, 6.45) is 0.771. The van der Waals surface area contributed by atoms with Crippen LogP contribution in [0.5, 0.6) is 0 Å². The topological polar surface area (TPSA) is 140 Å². The predicted molar refractivity (Wildman–Crippen MR) is 132 cm³/mol. The Morgan fingerprint density at radius 3 is 2.69 bits per heavy atom. The predicted octanol–water partition coefficient (Wildman–Crippen LogP) is 3.31. The Morgan fingerprint density at radius 2 is 1.97 bits per heavy atom. The maximum Gasteiger partial charge on any atom is 0.163 e. The fourth-order valence-electron chi connectivity index (χ4n) is 3.89. The van der Waals surface area contributed by atoms with E-state index in [0.717, 1.165) is 22.4 Å². The van der Waals surface area contributed by atoms with Gasteiger partial charge >= 0.3 is 0 Å². The molecule has 180 valence electrons. The van der Waals surface area contributed by atoms with Crippen LogP contribution in [0.15, 0.2) is 54.9 Å². The van der Waals surface area contributed by atoms with Gasteiger partial charge in [0, 0.05) is 24.1 Å². The summed E-state index contributed by atoms with van der Waals surface area (Å²) in [6.45, 7) is 3.80. The van der Waals surface area contributed by atoms with Crippen LogP contribution in [-0.2, 0) is 4.74 Å². The van der Waals surface area contributed by atoms with Crippen molar-refractivity contribution in [2.45, 2.75) is 20.0 Å². The van der Waals surface area contributed by atoms with Crippen molar-refractivity contribution in [2.75, 3.05) is 19.0 Å². The van der Waals surface area contributed by atoms with Gasteiger partial charge in [0.2, 0.25) is 0 Å². The molecule has 0 fully saturated rings. The maximum atomic E-state index is 10.7. The van der Waals surface area contributed by atoms with Crippen molar-refractivity contribution < 1.29 is 9.84 Å². The summed E-state index contributed by atoms with van der Waals surface area (Å²) in [4.78, 5) is 9.36. The van der Waals surface area contributed by atoms with Crippen LogP contribution in [0.25, 0.3) is 22.7 Å². The summed E-state index contributed by atoms with van der Waals surface area (Å²) in [6, 6.07) is 16.8. The number of pyridine rings is 1. The second-order valence-corrected chi connectivity index (χ2v) is 8.25. The second-order valence-electron chi connectivity index (χ2n) is 8.25. The Morgan fingerprint density at radius 1 is 1.11 bits per heavy atom. The molecule has 5 rings (SSSR count). The van der Waals surface area contributed by atoms with Crippen LogP contribution < -0.4 is 5.32 Å². The molecule has 0 spiro atoms. The number of aryl methyl sites for hydroxylation is 2. The lowest BCUT2D eigenvalue weighted by Crippen LogP contribution is -2.14. The molecule has 0 aliphatic carbocycles. The number of aliphatic hydroxyl groups is 1. The van der Waals surface area contributed by atoms with Crippen LogP contribution in [0.2, 0.25) is 0 Å². The quantitative estimate of drug-likeness (QED) is 0.358. The number of methoxy groups -OCH3 is 1. The van der Waals surface area contributed by atoms with Crippen LogP contribution in [-0.4, -0.2) is 53.3 Å². The maximum absolute atomic E-state index is 10.7. The number of hydrogen-bond donors (Lipinski definition) is 2. The van der Waals surface area contributed by atoms with Gasteiger partial charge in [-0.2, -0.15) is 15.5 Å². The van der Waals surface area contributed by atoms with Crippen molar-refractivity contribution in [1.29, 1.82) is 5.26 Å². The number of aromatic nitrogens is 7. The van der Waals surface area contributed by atoms with Gasteiger partial charge in [-0.15, -0.1) is 5.10 Å². The first-order valence-corrected chi connectivity index (χ1v) is 11.2. The molecule has 0 bridgehead atoms. The average molecular weight is 482 g/mol. The molecular formula is C25H23N9O2. The van der Waals surface area contributed by atoms with Crippen molar-refractivity contribution in [3.05, 3.63) is 77.5 Å². The van der Waals surface area contributed by atoms with Gasteiger partial charge in [0.1, 0.15) is 24.3 Å². The molecule has 0 saturated carbocycles. The standard InChI is InChI=1S/C25H23N9O2/c1-15-4-8-23(31-30-15)28-17-5-7-21-20(11-17)27-14-33(21)24-9-6-19(22(35)13-36-3)25(29-24)34-16(2)10-18(12-26)32-34/h4-11,14,22,35H,13H2,1-3H3,(H,28,31). The highest BCUT2D eigenvalue weighted by Gasteiger charge is 2.20. The second kappa shape index (κ2) is 9.53. The van der Waals surface area contributed by atoms with Crippen molar-refractivity contribution >= 4 is 22.5 Å². The summed E-state index contributed by atoms with van der Waals surface area (Å²) in [5.74, 6) is 1.63. The van der Waals surface area contributed by atoms with Crippen LogP contribution in [0.1, 0.15) is 28.7 Å². The van der Waals surface area contributed by atoms with E-state index in [9.17, 15) is 10.4 Å². The number of hydrogen-bond acceptors (Lipinski definition) is 9. The lowest BCUT2D eigenvalue weighted by molar-refractivity contribution is 0.0640. The first kappa shape index (κ1) is 23.1. The van der Waals surface area contributed by atoms with E-state index in [1.807, 2.05) is 54.8 Å². The minimum atomic E-state index is -0.918. The van der Waals surface area contributed by atoms with Gasteiger partial charge in [-0.25, -0.2) is 14.6 Å². The molecule has 11 nitrogen and oxygen atoms in total. The molecule has 0 aliphatic rings. The summed E-state index contributed by atoms with van der Waals surface area (Å²) in [5.41, 5.74) is 4.78. The van der Waals surface area contributed by atoms with E-state index in [1.165, 1.54) is 7.11 Å². The number of rotatable bonds is 7. The molecule has 1 atom stereocenters. The Kier molecular flexibility index (Phi) is 6.12. The molecular weight excluding hydrogens is 458 g/mol. The first-order chi connectivity index (χ1) is 17.5. The molecule has 0 aliphatic heterocycles. The third-order valence-corrected chi connectivity index (χ3v) is 5.64. The molecule has 1 unspecified atom stereocenters. The third kappa shape index (κ3) is 4.38. The number of fused-ring (bicyclic) bond motifs is 1. The van der Waals surface area contributed by atoms with E-state index in [2.05, 4.69) is 25.6 Å². The fourth-order valence-corrected chi connectivity index (χ4v) is 3.89. The number of nitriles is 1. The molecule has 4 heterocycles. The van der Waals surface area contributed by atoms with Crippen LogP contribution in [0, 0.1) is 25.2 Å². The van der Waals surface area contributed by atoms with Gasteiger partial charge in [0.15, 0.2) is 17.3 Å². The summed E-state index contributed by atoms with van der Waals surface area (Å²) < 4.78 is 8.54. The molecule has 0 radical (unpaired) electrons. The largest absolute Gasteiger partial charge is 0.386 e. The SMILES string of the molecule is COCC(O)c1ccc(-n2cnc3cc(Nc4ccc(C)nn4)ccc32)nc1-n1nc(C#N)cc1C. The first-order valence-electron chi connectivity index (χ1n) is 11.2. The zero-order valence-electron chi connectivity index (χ0n) is 19.9. The average Bonchev–Trinajstić information content (AvgIpc) is 3.48. The number of benzene rings is 1. The van der Waals surface area contributed by atoms with Gasteiger partial charge in [-0.3, -0.25) is 4.57 Å². The number of ether oxygens (including phenoxy) is 1. The highest BCUT2D eigenvalue weighted by molar-refractivity contribution is 5.82. The van der Waals surface area contributed by atoms with E-state index in [-0.39, 0.29) is 12.3 Å². The van der Waals surface area contributed by atoms with Crippen molar-refractivity contribution in [1.82, 2.24) is 34.5 Å². The van der Waals surface area contributed by atoms with Crippen molar-refractivity contribution in [3.8, 4) is 17.7 Å². The monoisotopic (exact) mass is 481 g/mol. The molecule has 11 heteroatoms. The smallest absolute Gasteiger partial charge is 0.163 e. The Bertz CT molecular complexity index is 1580. The Labute approximate surface area is 206 Å². The molecule has 5 aromatic rings. The molecule has 36 heavy (non-hydrogen) atoms. The highest BCUT2D eigenvalue weighted by Crippen LogP contribution is 2.27. The zero-order valence-corrected chi connectivity index (χ0v) is 19.9. The number of anilines is 2. The number of nitrogens with zero attached hydrogens (tertiary/aromatic N) is 8. The van der Waals surface area contributed by atoms with Gasteiger partial charge in [0.05, 0.1) is 23.3 Å². The normalized spacial score (nSPS) is 12.0. The molecule has 0 saturated heterocycles. The summed E-state index contributed by atoms with van der Waals surface area (Å²) in [7, 11) is 1.52. The van der Waals surface area contributed by atoms with Crippen LogP contribution in [0.3, 0.4) is 0 Å². The van der Waals surface area contributed by atoms with Gasteiger partial charge in [-0.05, 0) is 62.4 Å². The number of nitrogens with one attached hydrogen (secondary N) is 1. The molecule has 4 aromatic heterocycles. The summed E-state index contributed by atoms with van der Waals surface area (Å²) >= 11 is 0. The highest BCUT2D eigenvalue weighted by atomic mass is 16.5. The van der Waals surface area contributed by atoms with E-state index in [4.69, 9.17) is 9.72 Å². The van der Waals surface area contributed by atoms with Crippen molar-refractivity contribution in [3.63, 3.8) is 0 Å². The Hall–Kier alpha value is -4.66. The molecule has 2 N–H and O–H groups in total. The van der Waals surface area contributed by atoms with Crippen LogP contribution >= 0.6 is 0 Å². The van der Waals surface area contributed by atoms with E-state index in [0.29, 0.717) is 28.7 Å². The third-order valence-electron chi connectivity index (χ3n) is 5.64. The minimum absolute atomic E-state index is 0.0919. The van der Waals surface area contributed by atoms with Gasteiger partial charge in [-0.1, -0.05) is 0 Å². The van der Waals surface area contributed by atoms with Gasteiger partial charge < -0.3 is 15.2 Å². The van der Waals surface area contributed by atoms with Crippen molar-refractivity contribution in [2.24, 2.45) is 0 Å². The molecule has 1 aromatic carbocycles. The lowest BCUT2D eigenvalue weighted by Gasteiger charge is -2.16. The van der Waals surface area contributed by atoms with Gasteiger partial charge in [0.25, 0.3) is 0 Å². The fraction of sp³-hybridized carbons (Fsp3) is 0.200. The lowest BCUT2D eigenvalue weighted by atomic mass is 10.1. The summed E-state index contributed by atoms with van der Waals surface area (Å²) in [5, 5.41) is 35.7. The van der Waals surface area contributed by atoms with Crippen LogP contribution in [0.4, 0.5) is 11.5 Å². The molecule has 0 amide bonds. The van der Waals surface area contributed by atoms with E-state index >= 15 is 0 Å². The zero-order chi connectivity index (χ0) is 25.2. The minimum Gasteiger partial charge on any atom is -0.386 e.